The summed E-state index contributed by atoms with van der Waals surface area (Å²) >= 11 is 1.78. The lowest BCUT2D eigenvalue weighted by Gasteiger charge is -2.03. The van der Waals surface area contributed by atoms with Crippen molar-refractivity contribution in [3.63, 3.8) is 0 Å². The van der Waals surface area contributed by atoms with Gasteiger partial charge in [0.05, 0.1) is 6.61 Å². The first-order valence-electron chi connectivity index (χ1n) is 6.64. The molecule has 0 amide bonds. The van der Waals surface area contributed by atoms with E-state index in [2.05, 4.69) is 19.9 Å². The third-order valence-electron chi connectivity index (χ3n) is 2.92. The van der Waals surface area contributed by atoms with Crippen LogP contribution < -0.4 is 5.73 Å². The van der Waals surface area contributed by atoms with Crippen LogP contribution in [0.25, 0.3) is 0 Å². The SMILES string of the molecule is CCCCCCCOCc1cc(CN)sc1C. The standard InChI is InChI=1S/C14H25NOS/c1-3-4-5-6-7-8-16-11-13-9-14(10-15)17-12(13)2/h9H,3-8,10-11,15H2,1-2H3. The topological polar surface area (TPSA) is 35.2 Å². The van der Waals surface area contributed by atoms with Crippen LogP contribution >= 0.6 is 11.3 Å². The molecule has 3 heteroatoms. The maximum atomic E-state index is 5.70. The van der Waals surface area contributed by atoms with Crippen LogP contribution in [0.5, 0.6) is 0 Å². The molecule has 1 rings (SSSR count). The maximum absolute atomic E-state index is 5.70. The molecule has 0 unspecified atom stereocenters. The molecular weight excluding hydrogens is 230 g/mol. The molecule has 0 aliphatic carbocycles. The van der Waals surface area contributed by atoms with Gasteiger partial charge in [-0.25, -0.2) is 0 Å². The quantitative estimate of drug-likeness (QED) is 0.677. The summed E-state index contributed by atoms with van der Waals surface area (Å²) in [4.78, 5) is 2.60. The van der Waals surface area contributed by atoms with Gasteiger partial charge in [-0.05, 0) is 25.0 Å². The van der Waals surface area contributed by atoms with Crippen molar-refractivity contribution in [2.75, 3.05) is 6.61 Å². The van der Waals surface area contributed by atoms with Crippen molar-refractivity contribution in [2.45, 2.75) is 59.1 Å². The van der Waals surface area contributed by atoms with E-state index >= 15 is 0 Å². The van der Waals surface area contributed by atoms with Gasteiger partial charge in [0.25, 0.3) is 0 Å². The molecule has 0 saturated heterocycles. The van der Waals surface area contributed by atoms with E-state index in [1.54, 1.807) is 11.3 Å². The van der Waals surface area contributed by atoms with Crippen LogP contribution in [0.3, 0.4) is 0 Å². The molecule has 1 aromatic heterocycles. The second-order valence-electron chi connectivity index (χ2n) is 4.47. The summed E-state index contributed by atoms with van der Waals surface area (Å²) in [5.41, 5.74) is 6.93. The molecule has 0 saturated carbocycles. The molecule has 0 atom stereocenters. The van der Waals surface area contributed by atoms with Crippen LogP contribution in [0, 0.1) is 6.92 Å². The van der Waals surface area contributed by atoms with Crippen molar-refractivity contribution in [3.8, 4) is 0 Å². The lowest BCUT2D eigenvalue weighted by Crippen LogP contribution is -1.96. The summed E-state index contributed by atoms with van der Waals surface area (Å²) in [6.07, 6.45) is 6.48. The molecule has 0 spiro atoms. The molecule has 0 aliphatic rings. The molecule has 2 nitrogen and oxygen atoms in total. The van der Waals surface area contributed by atoms with E-state index < -0.39 is 0 Å². The largest absolute Gasteiger partial charge is 0.377 e. The number of aryl methyl sites for hydroxylation is 1. The number of ether oxygens (including phenoxy) is 1. The lowest BCUT2D eigenvalue weighted by atomic mass is 10.2. The Kier molecular flexibility index (Phi) is 7.49. The molecule has 1 aromatic rings. The number of unbranched alkanes of at least 4 members (excludes halogenated alkanes) is 4. The molecule has 0 bridgehead atoms. The summed E-state index contributed by atoms with van der Waals surface area (Å²) in [7, 11) is 0. The van der Waals surface area contributed by atoms with Gasteiger partial charge in [-0.15, -0.1) is 11.3 Å². The number of thiophene rings is 1. The van der Waals surface area contributed by atoms with Crippen molar-refractivity contribution in [3.05, 3.63) is 21.4 Å². The average Bonchev–Trinajstić information content (AvgIpc) is 2.69. The molecule has 2 N–H and O–H groups in total. The Morgan fingerprint density at radius 2 is 2.00 bits per heavy atom. The van der Waals surface area contributed by atoms with Crippen LogP contribution in [-0.2, 0) is 17.9 Å². The number of hydrogen-bond donors (Lipinski definition) is 1. The van der Waals surface area contributed by atoms with Gasteiger partial charge in [-0.3, -0.25) is 0 Å². The third kappa shape index (κ3) is 5.66. The fraction of sp³-hybridized carbons (Fsp3) is 0.714. The number of rotatable bonds is 9. The zero-order valence-electron chi connectivity index (χ0n) is 11.1. The second kappa shape index (κ2) is 8.67. The summed E-state index contributed by atoms with van der Waals surface area (Å²) in [6, 6.07) is 2.18. The molecule has 0 fully saturated rings. The highest BCUT2D eigenvalue weighted by Gasteiger charge is 2.04. The molecule has 0 aromatic carbocycles. The first-order valence-corrected chi connectivity index (χ1v) is 7.45. The van der Waals surface area contributed by atoms with Crippen LogP contribution in [-0.4, -0.2) is 6.61 Å². The van der Waals surface area contributed by atoms with Crippen LogP contribution in [0.15, 0.2) is 6.07 Å². The van der Waals surface area contributed by atoms with Crippen LogP contribution in [0.4, 0.5) is 0 Å². The van der Waals surface area contributed by atoms with Gasteiger partial charge < -0.3 is 10.5 Å². The summed E-state index contributed by atoms with van der Waals surface area (Å²) in [5.74, 6) is 0. The lowest BCUT2D eigenvalue weighted by molar-refractivity contribution is 0.116. The minimum atomic E-state index is 0.641. The molecule has 17 heavy (non-hydrogen) atoms. The number of nitrogens with two attached hydrogens (primary N) is 1. The third-order valence-corrected chi connectivity index (χ3v) is 4.04. The van der Waals surface area contributed by atoms with Gasteiger partial charge in [-0.1, -0.05) is 32.6 Å². The second-order valence-corrected chi connectivity index (χ2v) is 5.81. The highest BCUT2D eigenvalue weighted by Crippen LogP contribution is 2.21. The van der Waals surface area contributed by atoms with E-state index in [1.807, 2.05) is 0 Å². The molecular formula is C14H25NOS. The van der Waals surface area contributed by atoms with Crippen LogP contribution in [0.2, 0.25) is 0 Å². The van der Waals surface area contributed by atoms with Gasteiger partial charge in [0.15, 0.2) is 0 Å². The predicted molar refractivity (Wildman–Crippen MR) is 75.4 cm³/mol. The first kappa shape index (κ1) is 14.7. The predicted octanol–water partition coefficient (Wildman–Crippen LogP) is 4.00. The Morgan fingerprint density at radius 3 is 2.65 bits per heavy atom. The molecule has 98 valence electrons. The normalized spacial score (nSPS) is 11.0. The van der Waals surface area contributed by atoms with E-state index in [0.717, 1.165) is 13.2 Å². The highest BCUT2D eigenvalue weighted by molar-refractivity contribution is 7.12. The van der Waals surface area contributed by atoms with E-state index in [0.29, 0.717) is 6.54 Å². The van der Waals surface area contributed by atoms with Crippen molar-refractivity contribution in [1.82, 2.24) is 0 Å². The monoisotopic (exact) mass is 255 g/mol. The fourth-order valence-corrected chi connectivity index (χ4v) is 2.75. The van der Waals surface area contributed by atoms with Gasteiger partial charge >= 0.3 is 0 Å². The fourth-order valence-electron chi connectivity index (χ4n) is 1.82. The zero-order valence-corrected chi connectivity index (χ0v) is 11.9. The first-order chi connectivity index (χ1) is 8.27. The number of hydrogen-bond acceptors (Lipinski definition) is 3. The van der Waals surface area contributed by atoms with E-state index in [-0.39, 0.29) is 0 Å². The van der Waals surface area contributed by atoms with E-state index in [1.165, 1.54) is 47.4 Å². The minimum Gasteiger partial charge on any atom is -0.377 e. The Bertz CT molecular complexity index is 309. The van der Waals surface area contributed by atoms with E-state index in [9.17, 15) is 0 Å². The summed E-state index contributed by atoms with van der Waals surface area (Å²) in [6.45, 7) is 6.66. The van der Waals surface area contributed by atoms with Crippen LogP contribution in [0.1, 0.15) is 54.3 Å². The van der Waals surface area contributed by atoms with Crippen molar-refractivity contribution in [2.24, 2.45) is 5.73 Å². The Morgan fingerprint density at radius 1 is 1.24 bits per heavy atom. The Hall–Kier alpha value is -0.380. The maximum Gasteiger partial charge on any atom is 0.0727 e. The van der Waals surface area contributed by atoms with Crippen molar-refractivity contribution in [1.29, 1.82) is 0 Å². The molecule has 0 radical (unpaired) electrons. The smallest absolute Gasteiger partial charge is 0.0727 e. The Balaban J connectivity index is 2.11. The van der Waals surface area contributed by atoms with Gasteiger partial charge in [0, 0.05) is 22.9 Å². The van der Waals surface area contributed by atoms with Gasteiger partial charge in [0.2, 0.25) is 0 Å². The molecule has 1 heterocycles. The average molecular weight is 255 g/mol. The molecule has 0 aliphatic heterocycles. The zero-order chi connectivity index (χ0) is 12.5. The van der Waals surface area contributed by atoms with Gasteiger partial charge in [-0.2, -0.15) is 0 Å². The highest BCUT2D eigenvalue weighted by atomic mass is 32.1. The summed E-state index contributed by atoms with van der Waals surface area (Å²) < 4.78 is 5.70. The Labute approximate surface area is 109 Å². The van der Waals surface area contributed by atoms with Crippen molar-refractivity contribution >= 4 is 11.3 Å². The summed E-state index contributed by atoms with van der Waals surface area (Å²) in [5, 5.41) is 0. The van der Waals surface area contributed by atoms with Crippen molar-refractivity contribution < 1.29 is 4.74 Å². The van der Waals surface area contributed by atoms with Gasteiger partial charge in [0.1, 0.15) is 0 Å². The van der Waals surface area contributed by atoms with E-state index in [4.69, 9.17) is 10.5 Å². The minimum absolute atomic E-state index is 0.641.